The fourth-order valence-electron chi connectivity index (χ4n) is 2.08. The Morgan fingerprint density at radius 1 is 1.45 bits per heavy atom. The van der Waals surface area contributed by atoms with E-state index in [0.717, 1.165) is 0 Å². The first kappa shape index (κ1) is 16.4. The van der Waals surface area contributed by atoms with Gasteiger partial charge < -0.3 is 10.1 Å². The van der Waals surface area contributed by atoms with Crippen molar-refractivity contribution in [1.82, 2.24) is 10.3 Å². The van der Waals surface area contributed by atoms with Crippen LogP contribution in [0.5, 0.6) is 0 Å². The van der Waals surface area contributed by atoms with Gasteiger partial charge in [0.2, 0.25) is 0 Å². The first-order valence-corrected chi connectivity index (χ1v) is 7.42. The van der Waals surface area contributed by atoms with Crippen LogP contribution in [0, 0.1) is 5.92 Å². The number of methoxy groups -OCH3 is 1. The molecule has 7 heteroatoms. The normalized spacial score (nSPS) is 20.8. The maximum atomic E-state index is 12.2. The van der Waals surface area contributed by atoms with E-state index in [4.69, 9.17) is 16.3 Å². The molecule has 2 rings (SSSR count). The van der Waals surface area contributed by atoms with Crippen molar-refractivity contribution >= 4 is 29.3 Å². The number of aliphatic imine (C=N–C) groups is 1. The average molecular weight is 324 g/mol. The molecule has 0 spiro atoms. The van der Waals surface area contributed by atoms with Crippen LogP contribution in [-0.4, -0.2) is 35.3 Å². The summed E-state index contributed by atoms with van der Waals surface area (Å²) in [6.45, 7) is 5.58. The summed E-state index contributed by atoms with van der Waals surface area (Å²) in [5.41, 5.74) is 0.215. The highest BCUT2D eigenvalue weighted by molar-refractivity contribution is 6.18. The summed E-state index contributed by atoms with van der Waals surface area (Å²) < 4.78 is 4.76. The molecule has 2 heterocycles. The van der Waals surface area contributed by atoms with Gasteiger partial charge in [0.15, 0.2) is 5.84 Å². The van der Waals surface area contributed by atoms with Gasteiger partial charge >= 0.3 is 5.97 Å². The Balaban J connectivity index is 2.56. The van der Waals surface area contributed by atoms with Crippen LogP contribution in [0.15, 0.2) is 17.1 Å². The molecule has 6 nitrogen and oxygen atoms in total. The topological polar surface area (TPSA) is 80.7 Å². The van der Waals surface area contributed by atoms with Crippen LogP contribution in [0.1, 0.15) is 42.5 Å². The van der Waals surface area contributed by atoms with Crippen molar-refractivity contribution in [3.63, 3.8) is 0 Å². The second kappa shape index (κ2) is 6.04. The van der Waals surface area contributed by atoms with E-state index in [9.17, 15) is 9.59 Å². The highest BCUT2D eigenvalue weighted by atomic mass is 35.5. The fraction of sp³-hybridized carbons (Fsp3) is 0.467. The molecule has 1 atom stereocenters. The number of carbonyl (C=O) groups is 2. The first-order valence-electron chi connectivity index (χ1n) is 6.89. The summed E-state index contributed by atoms with van der Waals surface area (Å²) in [7, 11) is 1.29. The molecule has 1 N–H and O–H groups in total. The van der Waals surface area contributed by atoms with E-state index in [0.29, 0.717) is 5.69 Å². The number of nitrogens with zero attached hydrogens (tertiary/aromatic N) is 2. The summed E-state index contributed by atoms with van der Waals surface area (Å²) in [6, 6.07) is 3.22. The minimum atomic E-state index is -0.888. The number of ether oxygens (including phenoxy) is 1. The number of aromatic nitrogens is 1. The Labute approximate surface area is 133 Å². The van der Waals surface area contributed by atoms with E-state index in [1.807, 2.05) is 13.8 Å². The van der Waals surface area contributed by atoms with Crippen LogP contribution in [0.25, 0.3) is 0 Å². The van der Waals surface area contributed by atoms with Gasteiger partial charge in [0.1, 0.15) is 11.2 Å². The molecule has 0 aromatic carbocycles. The van der Waals surface area contributed by atoms with E-state index < -0.39 is 11.5 Å². The third-order valence-corrected chi connectivity index (χ3v) is 4.15. The van der Waals surface area contributed by atoms with Crippen molar-refractivity contribution in [3.05, 3.63) is 29.1 Å². The predicted molar refractivity (Wildman–Crippen MR) is 83.1 cm³/mol. The zero-order chi connectivity index (χ0) is 16.5. The van der Waals surface area contributed by atoms with Crippen molar-refractivity contribution in [2.24, 2.45) is 10.9 Å². The standard InChI is InChI=1S/C15H18ClN3O3/c1-8(2)15(3)14(21)18-12(19-15)11-10(13(20)22-4)6-5-9(7-16)17-11/h5-6,8H,7H2,1-4H3,(H,18,19,21). The number of amidine groups is 1. The van der Waals surface area contributed by atoms with Gasteiger partial charge in [-0.2, -0.15) is 0 Å². The summed E-state index contributed by atoms with van der Waals surface area (Å²) >= 11 is 5.80. The van der Waals surface area contributed by atoms with Crippen molar-refractivity contribution < 1.29 is 14.3 Å². The Morgan fingerprint density at radius 2 is 2.14 bits per heavy atom. The Bertz CT molecular complexity index is 657. The highest BCUT2D eigenvalue weighted by Crippen LogP contribution is 2.27. The van der Waals surface area contributed by atoms with Crippen molar-refractivity contribution in [2.75, 3.05) is 7.11 Å². The van der Waals surface area contributed by atoms with Gasteiger partial charge in [-0.25, -0.2) is 14.8 Å². The number of nitrogens with one attached hydrogen (secondary N) is 1. The van der Waals surface area contributed by atoms with Gasteiger partial charge in [-0.3, -0.25) is 4.79 Å². The van der Waals surface area contributed by atoms with Gasteiger partial charge in [0.05, 0.1) is 24.2 Å². The minimum Gasteiger partial charge on any atom is -0.465 e. The van der Waals surface area contributed by atoms with Crippen LogP contribution in [0.4, 0.5) is 0 Å². The van der Waals surface area contributed by atoms with Gasteiger partial charge in [0, 0.05) is 0 Å². The molecular formula is C15H18ClN3O3. The molecule has 1 aromatic heterocycles. The number of pyridine rings is 1. The Kier molecular flexibility index (Phi) is 4.51. The summed E-state index contributed by atoms with van der Waals surface area (Å²) in [5.74, 6) is -0.293. The molecule has 0 saturated carbocycles. The second-order valence-corrected chi connectivity index (χ2v) is 5.81. The molecule has 0 fully saturated rings. The van der Waals surface area contributed by atoms with E-state index in [2.05, 4.69) is 15.3 Å². The van der Waals surface area contributed by atoms with Gasteiger partial charge in [-0.1, -0.05) is 13.8 Å². The van der Waals surface area contributed by atoms with Crippen LogP contribution in [-0.2, 0) is 15.4 Å². The molecular weight excluding hydrogens is 306 g/mol. The molecule has 0 bridgehead atoms. The monoisotopic (exact) mass is 323 g/mol. The van der Waals surface area contributed by atoms with Crippen molar-refractivity contribution in [3.8, 4) is 0 Å². The molecule has 0 aliphatic carbocycles. The molecule has 1 amide bonds. The van der Waals surface area contributed by atoms with E-state index in [1.54, 1.807) is 19.1 Å². The molecule has 22 heavy (non-hydrogen) atoms. The zero-order valence-corrected chi connectivity index (χ0v) is 13.7. The molecule has 0 saturated heterocycles. The van der Waals surface area contributed by atoms with Crippen LogP contribution < -0.4 is 5.32 Å². The lowest BCUT2D eigenvalue weighted by atomic mass is 9.89. The maximum absolute atomic E-state index is 12.2. The number of alkyl halides is 1. The lowest BCUT2D eigenvalue weighted by Crippen LogP contribution is -2.41. The zero-order valence-electron chi connectivity index (χ0n) is 12.9. The minimum absolute atomic E-state index is 0.00258. The maximum Gasteiger partial charge on any atom is 0.340 e. The summed E-state index contributed by atoms with van der Waals surface area (Å²) in [4.78, 5) is 32.9. The van der Waals surface area contributed by atoms with Crippen molar-refractivity contribution in [2.45, 2.75) is 32.2 Å². The first-order chi connectivity index (χ1) is 10.3. The molecule has 0 radical (unpaired) electrons. The van der Waals surface area contributed by atoms with Gasteiger partial charge in [-0.15, -0.1) is 11.6 Å². The van der Waals surface area contributed by atoms with E-state index in [-0.39, 0.29) is 34.8 Å². The van der Waals surface area contributed by atoms with Gasteiger partial charge in [0.25, 0.3) is 5.91 Å². The number of halogens is 1. The number of carbonyl (C=O) groups excluding carboxylic acids is 2. The average Bonchev–Trinajstić information content (AvgIpc) is 2.82. The lowest BCUT2D eigenvalue weighted by Gasteiger charge is -2.21. The summed E-state index contributed by atoms with van der Waals surface area (Å²) in [6.07, 6.45) is 0. The smallest absolute Gasteiger partial charge is 0.340 e. The number of rotatable bonds is 4. The van der Waals surface area contributed by atoms with Gasteiger partial charge in [-0.05, 0) is 25.0 Å². The number of hydrogen-bond donors (Lipinski definition) is 1. The number of amides is 1. The highest BCUT2D eigenvalue weighted by Gasteiger charge is 2.43. The third kappa shape index (κ3) is 2.70. The molecule has 1 aliphatic heterocycles. The SMILES string of the molecule is COC(=O)c1ccc(CCl)nc1C1=NC(C)(C(C)C)C(=O)N1. The van der Waals surface area contributed by atoms with Crippen LogP contribution >= 0.6 is 11.6 Å². The van der Waals surface area contributed by atoms with Crippen LogP contribution in [0.3, 0.4) is 0 Å². The predicted octanol–water partition coefficient (Wildman–Crippen LogP) is 1.90. The third-order valence-electron chi connectivity index (χ3n) is 3.88. The molecule has 1 unspecified atom stereocenters. The quantitative estimate of drug-likeness (QED) is 0.678. The molecule has 118 valence electrons. The van der Waals surface area contributed by atoms with Crippen LogP contribution in [0.2, 0.25) is 0 Å². The molecule has 1 aromatic rings. The molecule has 1 aliphatic rings. The fourth-order valence-corrected chi connectivity index (χ4v) is 2.23. The van der Waals surface area contributed by atoms with E-state index in [1.165, 1.54) is 7.11 Å². The lowest BCUT2D eigenvalue weighted by molar-refractivity contribution is -0.124. The number of esters is 1. The largest absolute Gasteiger partial charge is 0.465 e. The number of hydrogen-bond acceptors (Lipinski definition) is 5. The van der Waals surface area contributed by atoms with E-state index >= 15 is 0 Å². The Morgan fingerprint density at radius 3 is 2.64 bits per heavy atom. The Hall–Kier alpha value is -1.95. The second-order valence-electron chi connectivity index (χ2n) is 5.54. The summed E-state index contributed by atoms with van der Waals surface area (Å²) in [5, 5.41) is 2.71. The van der Waals surface area contributed by atoms with Crippen molar-refractivity contribution in [1.29, 1.82) is 0 Å².